The second kappa shape index (κ2) is 16.4. The summed E-state index contributed by atoms with van der Waals surface area (Å²) in [5.41, 5.74) is 9.76. The Labute approximate surface area is 313 Å². The van der Waals surface area contributed by atoms with Crippen molar-refractivity contribution in [1.82, 2.24) is 19.7 Å². The number of ether oxygens (including phenoxy) is 3. The van der Waals surface area contributed by atoms with Gasteiger partial charge in [-0.05, 0) is 90.5 Å². The number of hydrogen-bond acceptors (Lipinski definition) is 14. The van der Waals surface area contributed by atoms with Crippen LogP contribution in [-0.2, 0) is 37.7 Å². The molecule has 17 nitrogen and oxygen atoms in total. The summed E-state index contributed by atoms with van der Waals surface area (Å²) >= 11 is 0. The van der Waals surface area contributed by atoms with E-state index in [0.717, 1.165) is 25.7 Å². The lowest BCUT2D eigenvalue weighted by atomic mass is 9.60. The van der Waals surface area contributed by atoms with Crippen LogP contribution >= 0.6 is 7.75 Å². The van der Waals surface area contributed by atoms with E-state index in [4.69, 9.17) is 34.7 Å². The molecular formula is C36H48N7O10P. The summed E-state index contributed by atoms with van der Waals surface area (Å²) in [6.45, 7) is 6.73. The molecule has 2 aliphatic rings. The van der Waals surface area contributed by atoms with Crippen LogP contribution in [0.15, 0.2) is 48.8 Å². The molecule has 1 saturated carbocycles. The van der Waals surface area contributed by atoms with Crippen molar-refractivity contribution < 1.29 is 47.3 Å². The highest BCUT2D eigenvalue weighted by molar-refractivity contribution is 7.52. The number of hydrogen-bond donors (Lipinski definition) is 4. The number of nitrogens with two attached hydrogens (primary N) is 2. The van der Waals surface area contributed by atoms with E-state index >= 15 is 0 Å². The van der Waals surface area contributed by atoms with Crippen molar-refractivity contribution in [3.05, 3.63) is 54.5 Å². The molecule has 1 aromatic carbocycles. The standard InChI is InChI=1S/C36H48N7O10P/c1-21(32(44)49-18-22-11-13-23(38)14-12-22)42-54(48,53-24-9-7-6-8-10-24)51-20-50-34(47)36(4,5)28-27(17-37)52-30(29(28)35(2,3)33(45)46)25-15-16-26-31(39)40-19-41-43(25)26/h6-10,15-16,19,21-23,27-30H,11-14,18,20,38H2,1-5H3,(H,42,48)(H,45,46)(H2,39,40,41)/t21-,22?,23?,27?,28?,29?,30?,54?/m0/s1. The quantitative estimate of drug-likeness (QED) is 0.0950. The number of nitrogens with zero attached hydrogens (tertiary/aromatic N) is 4. The third-order valence-electron chi connectivity index (χ3n) is 10.4. The molecule has 2 aromatic heterocycles. The third kappa shape index (κ3) is 8.69. The molecule has 292 valence electrons. The number of esters is 2. The number of aromatic nitrogens is 3. The van der Waals surface area contributed by atoms with Crippen LogP contribution in [0.1, 0.15) is 72.1 Å². The number of para-hydroxylation sites is 1. The zero-order chi connectivity index (χ0) is 39.4. The van der Waals surface area contributed by atoms with Gasteiger partial charge in [0.05, 0.1) is 29.2 Å². The molecule has 1 saturated heterocycles. The molecule has 6 atom stereocenters. The third-order valence-corrected chi connectivity index (χ3v) is 12.0. The van der Waals surface area contributed by atoms with Crippen LogP contribution in [-0.4, -0.2) is 69.2 Å². The number of rotatable bonds is 15. The molecule has 3 aromatic rings. The number of nitrogens with one attached hydrogen (secondary N) is 1. The van der Waals surface area contributed by atoms with Gasteiger partial charge in [-0.25, -0.2) is 18.6 Å². The van der Waals surface area contributed by atoms with E-state index in [2.05, 4.69) is 21.2 Å². The number of carbonyl (C=O) groups excluding carboxylic acids is 2. The average molecular weight is 770 g/mol. The highest BCUT2D eigenvalue weighted by Crippen LogP contribution is 2.57. The first-order valence-corrected chi connectivity index (χ1v) is 19.3. The maximum atomic E-state index is 14.1. The van der Waals surface area contributed by atoms with Gasteiger partial charge in [-0.15, -0.1) is 0 Å². The first-order chi connectivity index (χ1) is 25.5. The van der Waals surface area contributed by atoms with E-state index in [-0.39, 0.29) is 30.1 Å². The Morgan fingerprint density at radius 2 is 1.76 bits per heavy atom. The predicted molar refractivity (Wildman–Crippen MR) is 193 cm³/mol. The van der Waals surface area contributed by atoms with Gasteiger partial charge in [0.25, 0.3) is 0 Å². The maximum Gasteiger partial charge on any atom is 0.462 e. The minimum Gasteiger partial charge on any atom is -0.481 e. The van der Waals surface area contributed by atoms with Crippen molar-refractivity contribution in [2.45, 2.75) is 84.6 Å². The van der Waals surface area contributed by atoms with Gasteiger partial charge in [-0.3, -0.25) is 14.4 Å². The van der Waals surface area contributed by atoms with Crippen molar-refractivity contribution in [3.8, 4) is 11.8 Å². The van der Waals surface area contributed by atoms with E-state index in [0.29, 0.717) is 11.2 Å². The Morgan fingerprint density at radius 1 is 1.07 bits per heavy atom. The monoisotopic (exact) mass is 769 g/mol. The van der Waals surface area contributed by atoms with E-state index in [1.807, 2.05) is 0 Å². The lowest BCUT2D eigenvalue weighted by Gasteiger charge is -2.40. The van der Waals surface area contributed by atoms with Gasteiger partial charge in [0.15, 0.2) is 5.82 Å². The summed E-state index contributed by atoms with van der Waals surface area (Å²) in [5, 5.41) is 27.6. The van der Waals surface area contributed by atoms with Crippen LogP contribution in [0.5, 0.6) is 5.75 Å². The van der Waals surface area contributed by atoms with Gasteiger partial charge in [0.1, 0.15) is 35.8 Å². The fourth-order valence-corrected chi connectivity index (χ4v) is 8.56. The van der Waals surface area contributed by atoms with Gasteiger partial charge in [-0.1, -0.05) is 18.2 Å². The topological polar surface area (TPSA) is 253 Å². The van der Waals surface area contributed by atoms with Crippen LogP contribution in [0, 0.1) is 39.9 Å². The Morgan fingerprint density at radius 3 is 2.41 bits per heavy atom. The molecule has 6 N–H and O–H groups in total. The highest BCUT2D eigenvalue weighted by Gasteiger charge is 2.62. The zero-order valence-corrected chi connectivity index (χ0v) is 31.8. The lowest BCUT2D eigenvalue weighted by Crippen LogP contribution is -2.48. The van der Waals surface area contributed by atoms with Crippen LogP contribution in [0.4, 0.5) is 5.82 Å². The van der Waals surface area contributed by atoms with Gasteiger partial charge < -0.3 is 35.3 Å². The second-order valence-corrected chi connectivity index (χ2v) is 16.6. The molecule has 2 fully saturated rings. The second-order valence-electron chi connectivity index (χ2n) is 14.9. The predicted octanol–water partition coefficient (Wildman–Crippen LogP) is 4.39. The van der Waals surface area contributed by atoms with E-state index in [9.17, 15) is 29.3 Å². The smallest absolute Gasteiger partial charge is 0.462 e. The van der Waals surface area contributed by atoms with Crippen molar-refractivity contribution >= 4 is 37.0 Å². The molecule has 1 aliphatic carbocycles. The summed E-state index contributed by atoms with van der Waals surface area (Å²) in [7, 11) is -4.41. The van der Waals surface area contributed by atoms with Crippen molar-refractivity contribution in [2.75, 3.05) is 19.1 Å². The van der Waals surface area contributed by atoms with Gasteiger partial charge >= 0.3 is 25.7 Å². The molecule has 0 bridgehead atoms. The van der Waals surface area contributed by atoms with Crippen LogP contribution < -0.4 is 21.1 Å². The molecule has 0 amide bonds. The molecule has 5 unspecified atom stereocenters. The number of carboxylic acids is 1. The number of benzene rings is 1. The number of fused-ring (bicyclic) bond motifs is 1. The Balaban J connectivity index is 1.33. The van der Waals surface area contributed by atoms with Crippen molar-refractivity contribution in [1.29, 1.82) is 5.26 Å². The van der Waals surface area contributed by atoms with Crippen molar-refractivity contribution in [3.63, 3.8) is 0 Å². The fourth-order valence-electron chi connectivity index (χ4n) is 7.21. The van der Waals surface area contributed by atoms with Crippen LogP contribution in [0.2, 0.25) is 0 Å². The number of aliphatic carboxylic acids is 1. The maximum absolute atomic E-state index is 14.1. The van der Waals surface area contributed by atoms with Crippen molar-refractivity contribution in [2.24, 2.45) is 34.3 Å². The Kier molecular flexibility index (Phi) is 12.3. The molecule has 18 heteroatoms. The van der Waals surface area contributed by atoms with Gasteiger partial charge in [-0.2, -0.15) is 15.4 Å². The van der Waals surface area contributed by atoms with Crippen LogP contribution in [0.3, 0.4) is 0 Å². The van der Waals surface area contributed by atoms with Crippen LogP contribution in [0.25, 0.3) is 5.52 Å². The SMILES string of the molecule is C[C@H](NP(=O)(OCOC(=O)C(C)(C)C1C(C#N)OC(c2ccc3c(N)ncnn23)C1C(C)(C)C(=O)O)Oc1ccccc1)C(=O)OCC1CCC(N)CC1. The minimum absolute atomic E-state index is 0.144. The molecular weight excluding hydrogens is 721 g/mol. The highest BCUT2D eigenvalue weighted by atomic mass is 31.2. The zero-order valence-electron chi connectivity index (χ0n) is 30.9. The number of nitrogen functional groups attached to an aromatic ring is 1. The molecule has 1 aliphatic heterocycles. The summed E-state index contributed by atoms with van der Waals surface area (Å²) in [6.07, 6.45) is 2.31. The molecule has 3 heterocycles. The minimum atomic E-state index is -4.41. The fraction of sp³-hybridized carbons (Fsp3) is 0.556. The van der Waals surface area contributed by atoms with Gasteiger partial charge in [0.2, 0.25) is 6.79 Å². The number of nitriles is 1. The number of carboxylic acid groups (broad SMARTS) is 1. The summed E-state index contributed by atoms with van der Waals surface area (Å²) in [6, 6.07) is 12.5. The molecule has 0 spiro atoms. The average Bonchev–Trinajstić information content (AvgIpc) is 3.75. The summed E-state index contributed by atoms with van der Waals surface area (Å²) in [5.74, 6) is -4.30. The largest absolute Gasteiger partial charge is 0.481 e. The van der Waals surface area contributed by atoms with E-state index < -0.39 is 73.4 Å². The lowest BCUT2D eigenvalue weighted by molar-refractivity contribution is -0.169. The molecule has 54 heavy (non-hydrogen) atoms. The number of carbonyl (C=O) groups is 3. The summed E-state index contributed by atoms with van der Waals surface area (Å²) in [4.78, 5) is 43.6. The number of anilines is 1. The molecule has 5 rings (SSSR count). The Hall–Kier alpha value is -4.59. The van der Waals surface area contributed by atoms with E-state index in [1.54, 1.807) is 30.3 Å². The first kappa shape index (κ1) is 40.6. The van der Waals surface area contributed by atoms with Gasteiger partial charge in [0, 0.05) is 17.9 Å². The van der Waals surface area contributed by atoms with E-state index in [1.165, 1.54) is 57.6 Å². The molecule has 0 radical (unpaired) electrons. The first-order valence-electron chi connectivity index (χ1n) is 17.7. The Bertz CT molecular complexity index is 1910. The summed E-state index contributed by atoms with van der Waals surface area (Å²) < 4.78 is 44.0. The normalized spacial score (nSPS) is 24.9.